The van der Waals surface area contributed by atoms with Crippen LogP contribution in [0.3, 0.4) is 0 Å². The van der Waals surface area contributed by atoms with Crippen LogP contribution < -0.4 is 9.46 Å². The van der Waals surface area contributed by atoms with Gasteiger partial charge in [0.1, 0.15) is 4.90 Å². The zero-order valence-electron chi connectivity index (χ0n) is 11.5. The third-order valence-electron chi connectivity index (χ3n) is 2.39. The molecule has 0 aliphatic carbocycles. The lowest BCUT2D eigenvalue weighted by Gasteiger charge is -2.12. The summed E-state index contributed by atoms with van der Waals surface area (Å²) in [6, 6.07) is 2.80. The summed E-state index contributed by atoms with van der Waals surface area (Å²) in [6.45, 7) is 1.85. The van der Waals surface area contributed by atoms with Gasteiger partial charge in [-0.3, -0.25) is 4.79 Å². The first-order valence-electron chi connectivity index (χ1n) is 6.00. The Bertz CT molecular complexity index is 620. The predicted octanol–water partition coefficient (Wildman–Crippen LogP) is 2.34. The van der Waals surface area contributed by atoms with Crippen LogP contribution in [0.4, 0.5) is 0 Å². The summed E-state index contributed by atoms with van der Waals surface area (Å²) in [4.78, 5) is 11.1. The molecule has 0 aliphatic heterocycles. The van der Waals surface area contributed by atoms with Crippen molar-refractivity contribution in [3.05, 3.63) is 21.6 Å². The number of sulfonamides is 1. The maximum Gasteiger partial charge on any atom is 0.307 e. The van der Waals surface area contributed by atoms with Crippen molar-refractivity contribution in [1.82, 2.24) is 4.72 Å². The Labute approximate surface area is 136 Å². The largest absolute Gasteiger partial charge is 0.494 e. The smallest absolute Gasteiger partial charge is 0.307 e. The Kier molecular flexibility index (Phi) is 6.92. The van der Waals surface area contributed by atoms with E-state index >= 15 is 0 Å². The standard InChI is InChI=1S/C12H15BrClNO5S/c1-3-20-11(16)4-5-15-21(17,18)10-7-8(14)6-9(13)12(10)19-2/h6-7,15H,3-5H2,1-2H3. The highest BCUT2D eigenvalue weighted by Crippen LogP contribution is 2.35. The highest BCUT2D eigenvalue weighted by Gasteiger charge is 2.22. The Hall–Kier alpha value is -0.830. The minimum atomic E-state index is -3.86. The van der Waals surface area contributed by atoms with E-state index in [9.17, 15) is 13.2 Å². The van der Waals surface area contributed by atoms with Crippen molar-refractivity contribution in [2.45, 2.75) is 18.2 Å². The number of halogens is 2. The van der Waals surface area contributed by atoms with Crippen LogP contribution in [0.1, 0.15) is 13.3 Å². The summed E-state index contributed by atoms with van der Waals surface area (Å²) in [5.41, 5.74) is 0. The second-order valence-corrected chi connectivity index (χ2v) is 6.90. The SMILES string of the molecule is CCOC(=O)CCNS(=O)(=O)c1cc(Cl)cc(Br)c1OC. The zero-order chi connectivity index (χ0) is 16.0. The van der Waals surface area contributed by atoms with Crippen LogP contribution in [0.2, 0.25) is 5.02 Å². The Morgan fingerprint density at radius 2 is 2.10 bits per heavy atom. The molecule has 0 radical (unpaired) electrons. The van der Waals surface area contributed by atoms with Crippen LogP contribution in [0, 0.1) is 0 Å². The molecule has 1 aromatic carbocycles. The average molecular weight is 401 g/mol. The van der Waals surface area contributed by atoms with E-state index in [2.05, 4.69) is 20.7 Å². The van der Waals surface area contributed by atoms with Crippen molar-refractivity contribution in [3.8, 4) is 5.75 Å². The first-order chi connectivity index (χ1) is 9.81. The lowest BCUT2D eigenvalue weighted by atomic mass is 10.3. The Morgan fingerprint density at radius 1 is 1.43 bits per heavy atom. The number of nitrogens with one attached hydrogen (secondary N) is 1. The van der Waals surface area contributed by atoms with Gasteiger partial charge in [-0.05, 0) is 35.0 Å². The van der Waals surface area contributed by atoms with Gasteiger partial charge in [-0.15, -0.1) is 0 Å². The zero-order valence-corrected chi connectivity index (χ0v) is 14.6. The molecular weight excluding hydrogens is 386 g/mol. The molecule has 0 spiro atoms. The Balaban J connectivity index is 2.91. The van der Waals surface area contributed by atoms with Crippen molar-refractivity contribution in [1.29, 1.82) is 0 Å². The van der Waals surface area contributed by atoms with Gasteiger partial charge in [0.15, 0.2) is 5.75 Å². The van der Waals surface area contributed by atoms with Crippen LogP contribution in [0.25, 0.3) is 0 Å². The molecule has 1 N–H and O–H groups in total. The molecule has 0 aromatic heterocycles. The maximum absolute atomic E-state index is 12.2. The highest BCUT2D eigenvalue weighted by molar-refractivity contribution is 9.10. The van der Waals surface area contributed by atoms with E-state index < -0.39 is 16.0 Å². The van der Waals surface area contributed by atoms with Crippen LogP contribution in [0.5, 0.6) is 5.75 Å². The number of benzene rings is 1. The van der Waals surface area contributed by atoms with Crippen molar-refractivity contribution < 1.29 is 22.7 Å². The van der Waals surface area contributed by atoms with Gasteiger partial charge in [0.2, 0.25) is 10.0 Å². The topological polar surface area (TPSA) is 81.7 Å². The van der Waals surface area contributed by atoms with Crippen molar-refractivity contribution in [3.63, 3.8) is 0 Å². The Morgan fingerprint density at radius 3 is 2.67 bits per heavy atom. The quantitative estimate of drug-likeness (QED) is 0.711. The molecule has 0 saturated heterocycles. The average Bonchev–Trinajstić information content (AvgIpc) is 2.38. The molecule has 0 heterocycles. The summed E-state index contributed by atoms with van der Waals surface area (Å²) in [6.07, 6.45) is -0.0584. The van der Waals surface area contributed by atoms with Gasteiger partial charge in [-0.1, -0.05) is 11.6 Å². The number of ether oxygens (including phenoxy) is 2. The number of rotatable bonds is 7. The second kappa shape index (κ2) is 7.98. The molecular formula is C12H15BrClNO5S. The molecule has 9 heteroatoms. The van der Waals surface area contributed by atoms with E-state index in [4.69, 9.17) is 21.1 Å². The van der Waals surface area contributed by atoms with E-state index in [1.54, 1.807) is 6.92 Å². The molecule has 0 atom stereocenters. The van der Waals surface area contributed by atoms with Crippen LogP contribution in [0.15, 0.2) is 21.5 Å². The molecule has 21 heavy (non-hydrogen) atoms. The van der Waals surface area contributed by atoms with E-state index in [0.29, 0.717) is 4.47 Å². The molecule has 0 amide bonds. The monoisotopic (exact) mass is 399 g/mol. The van der Waals surface area contributed by atoms with E-state index in [0.717, 1.165) is 0 Å². The summed E-state index contributed by atoms with van der Waals surface area (Å²) in [5.74, 6) is -0.331. The van der Waals surface area contributed by atoms with Crippen molar-refractivity contribution in [2.24, 2.45) is 0 Å². The second-order valence-electron chi connectivity index (χ2n) is 3.87. The fraction of sp³-hybridized carbons (Fsp3) is 0.417. The third-order valence-corrected chi connectivity index (χ3v) is 4.67. The molecule has 0 fully saturated rings. The molecule has 0 aliphatic rings. The molecule has 0 saturated carbocycles. The fourth-order valence-corrected chi connectivity index (χ4v) is 3.95. The number of esters is 1. The molecule has 1 rings (SSSR count). The molecule has 0 unspecified atom stereocenters. The van der Waals surface area contributed by atoms with Gasteiger partial charge in [0.05, 0.1) is 24.6 Å². The number of carbonyl (C=O) groups is 1. The number of methoxy groups -OCH3 is 1. The van der Waals surface area contributed by atoms with Crippen molar-refractivity contribution in [2.75, 3.05) is 20.3 Å². The maximum atomic E-state index is 12.2. The number of hydrogen-bond acceptors (Lipinski definition) is 5. The summed E-state index contributed by atoms with van der Waals surface area (Å²) >= 11 is 9.05. The third kappa shape index (κ3) is 5.14. The fourth-order valence-electron chi connectivity index (χ4n) is 1.53. The summed E-state index contributed by atoms with van der Waals surface area (Å²) < 4.78 is 37.0. The van der Waals surface area contributed by atoms with E-state index in [1.807, 2.05) is 0 Å². The summed E-state index contributed by atoms with van der Waals surface area (Å²) in [7, 11) is -2.50. The lowest BCUT2D eigenvalue weighted by Crippen LogP contribution is -2.27. The minimum Gasteiger partial charge on any atom is -0.494 e. The molecule has 0 bridgehead atoms. The van der Waals surface area contributed by atoms with Crippen LogP contribution in [-0.2, 0) is 19.6 Å². The van der Waals surface area contributed by atoms with Gasteiger partial charge in [-0.2, -0.15) is 0 Å². The molecule has 1 aromatic rings. The van der Waals surface area contributed by atoms with Gasteiger partial charge < -0.3 is 9.47 Å². The van der Waals surface area contributed by atoms with Gasteiger partial charge in [0, 0.05) is 11.6 Å². The van der Waals surface area contributed by atoms with Crippen LogP contribution >= 0.6 is 27.5 Å². The first-order valence-corrected chi connectivity index (χ1v) is 8.65. The van der Waals surface area contributed by atoms with Gasteiger partial charge in [0.25, 0.3) is 0 Å². The predicted molar refractivity (Wildman–Crippen MR) is 82.1 cm³/mol. The minimum absolute atomic E-state index is 0.0584. The van der Waals surface area contributed by atoms with Gasteiger partial charge in [-0.25, -0.2) is 13.1 Å². The van der Waals surface area contributed by atoms with Crippen molar-refractivity contribution >= 4 is 43.5 Å². The lowest BCUT2D eigenvalue weighted by molar-refractivity contribution is -0.142. The molecule has 118 valence electrons. The summed E-state index contributed by atoms with van der Waals surface area (Å²) in [5, 5.41) is 0.244. The van der Waals surface area contributed by atoms with Gasteiger partial charge >= 0.3 is 5.97 Å². The van der Waals surface area contributed by atoms with E-state index in [-0.39, 0.29) is 35.2 Å². The van der Waals surface area contributed by atoms with Crippen LogP contribution in [-0.4, -0.2) is 34.6 Å². The van der Waals surface area contributed by atoms with E-state index in [1.165, 1.54) is 19.2 Å². The number of carbonyl (C=O) groups excluding carboxylic acids is 1. The first kappa shape index (κ1) is 18.2. The highest BCUT2D eigenvalue weighted by atomic mass is 79.9. The molecule has 6 nitrogen and oxygen atoms in total. The number of hydrogen-bond donors (Lipinski definition) is 1. The normalized spacial score (nSPS) is 11.2.